The minimum atomic E-state index is -1.67. The second-order valence-electron chi connectivity index (χ2n) is 12.9. The predicted molar refractivity (Wildman–Crippen MR) is 176 cm³/mol. The predicted octanol–water partition coefficient (Wildman–Crippen LogP) is 9.30. The van der Waals surface area contributed by atoms with Crippen LogP contribution in [0.5, 0.6) is 0 Å². The van der Waals surface area contributed by atoms with Crippen molar-refractivity contribution in [1.29, 1.82) is 0 Å². The van der Waals surface area contributed by atoms with Gasteiger partial charge in [0.2, 0.25) is 0 Å². The van der Waals surface area contributed by atoms with E-state index in [1.807, 2.05) is 12.3 Å². The van der Waals surface area contributed by atoms with Gasteiger partial charge >= 0.3 is 0 Å². The molecule has 0 aliphatic rings. The normalized spacial score (nSPS) is 12.8. The number of furan rings is 2. The third kappa shape index (κ3) is 3.87. The number of aromatic nitrogens is 1. The van der Waals surface area contributed by atoms with E-state index in [-0.39, 0.29) is 0 Å². The smallest absolute Gasteiger partial charge is 0.179 e. The second-order valence-corrected chi connectivity index (χ2v) is 22.9. The molecule has 0 radical (unpaired) electrons. The summed E-state index contributed by atoms with van der Waals surface area (Å²) in [7, 11) is -3.32. The molecule has 0 unspecified atom stereocenters. The van der Waals surface area contributed by atoms with E-state index in [2.05, 4.69) is 118 Å². The summed E-state index contributed by atoms with van der Waals surface area (Å²) in [6, 6.07) is 30.3. The first kappa shape index (κ1) is 25.1. The Balaban J connectivity index is 1.64. The van der Waals surface area contributed by atoms with Crippen LogP contribution < -0.4 is 10.4 Å². The first-order valence-corrected chi connectivity index (χ1v) is 21.0. The van der Waals surface area contributed by atoms with E-state index in [9.17, 15) is 0 Å². The van der Waals surface area contributed by atoms with E-state index < -0.39 is 16.1 Å². The van der Waals surface area contributed by atoms with Crippen LogP contribution in [-0.4, -0.2) is 21.1 Å². The molecule has 5 heteroatoms. The molecule has 0 atom stereocenters. The lowest BCUT2D eigenvalue weighted by Gasteiger charge is -2.16. The average molecular weight is 556 g/mol. The summed E-state index contributed by atoms with van der Waals surface area (Å²) in [5.41, 5.74) is 8.01. The number of rotatable bonds is 4. The Hall–Kier alpha value is -3.94. The Morgan fingerprint density at radius 3 is 1.82 bits per heavy atom. The molecule has 0 saturated carbocycles. The fourth-order valence-electron chi connectivity index (χ4n) is 5.99. The van der Waals surface area contributed by atoms with Crippen molar-refractivity contribution >= 4 is 70.4 Å². The van der Waals surface area contributed by atoms with Gasteiger partial charge in [-0.1, -0.05) is 106 Å². The highest BCUT2D eigenvalue weighted by Gasteiger charge is 2.28. The van der Waals surface area contributed by atoms with Gasteiger partial charge in [0.05, 0.1) is 21.8 Å². The van der Waals surface area contributed by atoms with Crippen molar-refractivity contribution in [3.05, 3.63) is 91.1 Å². The third-order valence-electron chi connectivity index (χ3n) is 7.99. The van der Waals surface area contributed by atoms with Gasteiger partial charge in [0.25, 0.3) is 0 Å². The lowest BCUT2D eigenvalue weighted by Crippen LogP contribution is -2.37. The minimum Gasteiger partial charge on any atom is -0.452 e. The van der Waals surface area contributed by atoms with Crippen LogP contribution in [0.25, 0.3) is 66.3 Å². The number of hydrogen-bond acceptors (Lipinski definition) is 3. The molecule has 0 N–H and O–H groups in total. The number of para-hydroxylation sites is 2. The number of hydrogen-bond donors (Lipinski definition) is 0. The van der Waals surface area contributed by atoms with Gasteiger partial charge in [-0.2, -0.15) is 0 Å². The molecule has 7 rings (SSSR count). The monoisotopic (exact) mass is 555 g/mol. The molecule has 3 nitrogen and oxygen atoms in total. The topological polar surface area (TPSA) is 39.2 Å². The zero-order chi connectivity index (χ0) is 27.8. The Kier molecular flexibility index (Phi) is 5.50. The van der Waals surface area contributed by atoms with Gasteiger partial charge in [0.1, 0.15) is 11.2 Å². The van der Waals surface area contributed by atoms with Gasteiger partial charge in [-0.3, -0.25) is 4.98 Å². The maximum absolute atomic E-state index is 6.89. The summed E-state index contributed by atoms with van der Waals surface area (Å²) in [6.45, 7) is 14.3. The molecule has 0 amide bonds. The summed E-state index contributed by atoms with van der Waals surface area (Å²) in [5, 5.41) is 7.19. The molecule has 0 saturated heterocycles. The van der Waals surface area contributed by atoms with Gasteiger partial charge in [0.15, 0.2) is 11.2 Å². The molecule has 4 aromatic carbocycles. The van der Waals surface area contributed by atoms with E-state index in [1.54, 1.807) is 0 Å². The van der Waals surface area contributed by atoms with E-state index in [0.29, 0.717) is 0 Å². The largest absolute Gasteiger partial charge is 0.452 e. The van der Waals surface area contributed by atoms with Crippen LogP contribution in [0.2, 0.25) is 39.3 Å². The molecule has 0 bridgehead atoms. The maximum Gasteiger partial charge on any atom is 0.179 e. The molecular weight excluding hydrogens is 523 g/mol. The fourth-order valence-corrected chi connectivity index (χ4v) is 8.91. The van der Waals surface area contributed by atoms with Crippen molar-refractivity contribution in [2.45, 2.75) is 39.3 Å². The summed E-state index contributed by atoms with van der Waals surface area (Å²) in [6.07, 6.45) is 1.92. The lowest BCUT2D eigenvalue weighted by molar-refractivity contribution is 0.635. The molecule has 0 aliphatic heterocycles. The fraction of sp³-hybridized carbons (Fsp3) is 0.171. The van der Waals surface area contributed by atoms with Gasteiger partial charge in [-0.15, -0.1) is 0 Å². The van der Waals surface area contributed by atoms with E-state index in [1.165, 1.54) is 10.4 Å². The molecule has 0 aliphatic carbocycles. The number of pyridine rings is 1. The standard InChI is InChI=1S/C35H33NO2Si2/c1-39(2,3)29-16-10-14-24-27-21-26(23-18-19-36-28(20-23)22-12-8-7-9-13-22)31-25-15-11-17-30(40(4,5)6)33(25)38-35(31)34(27)37-32(24)29/h7-21H,1-6H3. The molecule has 0 spiro atoms. The average Bonchev–Trinajstić information content (AvgIpc) is 3.51. The van der Waals surface area contributed by atoms with Crippen LogP contribution in [-0.2, 0) is 0 Å². The van der Waals surface area contributed by atoms with E-state index in [0.717, 1.165) is 66.3 Å². The van der Waals surface area contributed by atoms with Crippen LogP contribution in [0.3, 0.4) is 0 Å². The molecule has 198 valence electrons. The first-order chi connectivity index (χ1) is 19.1. The zero-order valence-electron chi connectivity index (χ0n) is 23.9. The molecule has 7 aromatic rings. The van der Waals surface area contributed by atoms with Crippen LogP contribution >= 0.6 is 0 Å². The van der Waals surface area contributed by atoms with Crippen LogP contribution in [0, 0.1) is 0 Å². The minimum absolute atomic E-state index is 0.837. The van der Waals surface area contributed by atoms with Crippen molar-refractivity contribution in [3.8, 4) is 22.4 Å². The molecule has 40 heavy (non-hydrogen) atoms. The highest BCUT2D eigenvalue weighted by Crippen LogP contribution is 2.44. The summed E-state index contributed by atoms with van der Waals surface area (Å²) in [5.74, 6) is 0. The molecular formula is C35H33NO2Si2. The van der Waals surface area contributed by atoms with Gasteiger partial charge in [-0.05, 0) is 39.7 Å². The van der Waals surface area contributed by atoms with Crippen molar-refractivity contribution in [3.63, 3.8) is 0 Å². The van der Waals surface area contributed by atoms with Crippen LogP contribution in [0.15, 0.2) is 100.0 Å². The summed E-state index contributed by atoms with van der Waals surface area (Å²) < 4.78 is 13.7. The molecule has 3 aromatic heterocycles. The lowest BCUT2D eigenvalue weighted by atomic mass is 9.96. The second kappa shape index (κ2) is 8.78. The Morgan fingerprint density at radius 2 is 1.15 bits per heavy atom. The maximum atomic E-state index is 6.89. The van der Waals surface area contributed by atoms with Crippen molar-refractivity contribution in [2.24, 2.45) is 0 Å². The quantitative estimate of drug-likeness (QED) is 0.203. The molecule has 0 fully saturated rings. The van der Waals surface area contributed by atoms with E-state index in [4.69, 9.17) is 13.8 Å². The first-order valence-electron chi connectivity index (χ1n) is 14.0. The van der Waals surface area contributed by atoms with Crippen molar-refractivity contribution < 1.29 is 8.83 Å². The number of fused-ring (bicyclic) bond motifs is 7. The molecule has 3 heterocycles. The van der Waals surface area contributed by atoms with Crippen molar-refractivity contribution in [1.82, 2.24) is 4.98 Å². The Labute approximate surface area is 236 Å². The SMILES string of the molecule is C[Si](C)(C)c1cccc2c1oc1c2cc(-c2ccnc(-c3ccccc3)c2)c2c3cccc([Si](C)(C)C)c3oc12. The third-order valence-corrected chi connectivity index (χ3v) is 12.0. The number of nitrogens with zero attached hydrogens (tertiary/aromatic N) is 1. The zero-order valence-corrected chi connectivity index (χ0v) is 25.9. The van der Waals surface area contributed by atoms with Crippen molar-refractivity contribution in [2.75, 3.05) is 0 Å². The highest BCUT2D eigenvalue weighted by atomic mass is 28.3. The summed E-state index contributed by atoms with van der Waals surface area (Å²) in [4.78, 5) is 4.72. The van der Waals surface area contributed by atoms with Crippen LogP contribution in [0.4, 0.5) is 0 Å². The Morgan fingerprint density at radius 1 is 0.525 bits per heavy atom. The summed E-state index contributed by atoms with van der Waals surface area (Å²) >= 11 is 0. The van der Waals surface area contributed by atoms with Crippen LogP contribution in [0.1, 0.15) is 0 Å². The van der Waals surface area contributed by atoms with Gasteiger partial charge in [-0.25, -0.2) is 0 Å². The van der Waals surface area contributed by atoms with E-state index >= 15 is 0 Å². The van der Waals surface area contributed by atoms with Gasteiger partial charge in [0, 0.05) is 33.3 Å². The Bertz CT molecular complexity index is 2070. The number of benzene rings is 4. The highest BCUT2D eigenvalue weighted by molar-refractivity contribution is 6.90. The van der Waals surface area contributed by atoms with Gasteiger partial charge < -0.3 is 8.83 Å².